The molecule has 3 nitrogen and oxygen atoms in total. The molecule has 0 aliphatic carbocycles. The second kappa shape index (κ2) is 6.07. The van der Waals surface area contributed by atoms with E-state index in [1.807, 2.05) is 48.5 Å². The van der Waals surface area contributed by atoms with Gasteiger partial charge in [-0.2, -0.15) is 0 Å². The minimum absolute atomic E-state index is 0.0947. The summed E-state index contributed by atoms with van der Waals surface area (Å²) < 4.78 is 11.0. The lowest BCUT2D eigenvalue weighted by Crippen LogP contribution is -1.96. The van der Waals surface area contributed by atoms with Crippen LogP contribution in [0.4, 0.5) is 0 Å². The van der Waals surface area contributed by atoms with Crippen molar-refractivity contribution in [3.8, 4) is 17.2 Å². The molecule has 0 aliphatic heterocycles. The normalized spacial score (nSPS) is 10.1. The molecule has 0 aliphatic rings. The maximum Gasteiger partial charge on any atom is 0.134 e. The molecule has 3 heteroatoms. The molecule has 0 atom stereocenters. The molecule has 0 amide bonds. The molecule has 2 aromatic carbocycles. The van der Waals surface area contributed by atoms with E-state index in [4.69, 9.17) is 14.6 Å². The van der Waals surface area contributed by atoms with Crippen molar-refractivity contribution in [2.45, 2.75) is 6.42 Å². The van der Waals surface area contributed by atoms with E-state index in [1.54, 1.807) is 7.11 Å². The zero-order chi connectivity index (χ0) is 12.8. The molecule has 0 unspecified atom stereocenters. The first kappa shape index (κ1) is 12.5. The molecule has 0 fully saturated rings. The van der Waals surface area contributed by atoms with Gasteiger partial charge in [-0.15, -0.1) is 0 Å². The largest absolute Gasteiger partial charge is 0.497 e. The van der Waals surface area contributed by atoms with Crippen molar-refractivity contribution >= 4 is 0 Å². The quantitative estimate of drug-likeness (QED) is 0.878. The van der Waals surface area contributed by atoms with Crippen molar-refractivity contribution in [2.75, 3.05) is 13.7 Å². The summed E-state index contributed by atoms with van der Waals surface area (Å²) in [5.41, 5.74) is 0.960. The fraction of sp³-hybridized carbons (Fsp3) is 0.200. The first-order valence-corrected chi connectivity index (χ1v) is 5.84. The summed E-state index contributed by atoms with van der Waals surface area (Å²) in [4.78, 5) is 0. The third kappa shape index (κ3) is 3.02. The number of rotatable bonds is 5. The fourth-order valence-electron chi connectivity index (χ4n) is 1.70. The van der Waals surface area contributed by atoms with Crippen LogP contribution in [0.15, 0.2) is 48.5 Å². The molecule has 0 bridgehead atoms. The van der Waals surface area contributed by atoms with Crippen LogP contribution in [-0.2, 0) is 6.42 Å². The van der Waals surface area contributed by atoms with Gasteiger partial charge < -0.3 is 14.6 Å². The number of methoxy groups -OCH3 is 1. The third-order valence-electron chi connectivity index (χ3n) is 2.63. The van der Waals surface area contributed by atoms with Crippen LogP contribution in [0.25, 0.3) is 0 Å². The van der Waals surface area contributed by atoms with Crippen molar-refractivity contribution in [3.63, 3.8) is 0 Å². The molecule has 1 N–H and O–H groups in total. The van der Waals surface area contributed by atoms with Crippen LogP contribution in [0.2, 0.25) is 0 Å². The molecule has 2 rings (SSSR count). The number of benzene rings is 2. The van der Waals surface area contributed by atoms with Crippen molar-refractivity contribution in [1.82, 2.24) is 0 Å². The van der Waals surface area contributed by atoms with Crippen molar-refractivity contribution in [3.05, 3.63) is 54.1 Å². The lowest BCUT2D eigenvalue weighted by molar-refractivity contribution is 0.297. The maximum absolute atomic E-state index is 9.05. The second-order valence-corrected chi connectivity index (χ2v) is 3.86. The number of aliphatic hydroxyl groups excluding tert-OH is 1. The molecule has 2 aromatic rings. The van der Waals surface area contributed by atoms with Crippen LogP contribution < -0.4 is 9.47 Å². The zero-order valence-electron chi connectivity index (χ0n) is 10.3. The van der Waals surface area contributed by atoms with Gasteiger partial charge in [-0.3, -0.25) is 0 Å². The van der Waals surface area contributed by atoms with Crippen molar-refractivity contribution in [2.24, 2.45) is 0 Å². The van der Waals surface area contributed by atoms with Crippen LogP contribution in [0.1, 0.15) is 5.56 Å². The van der Waals surface area contributed by atoms with Gasteiger partial charge in [-0.05, 0) is 30.2 Å². The summed E-state index contributed by atoms with van der Waals surface area (Å²) >= 11 is 0. The third-order valence-corrected chi connectivity index (χ3v) is 2.63. The molecule has 0 spiro atoms. The first-order valence-electron chi connectivity index (χ1n) is 5.84. The molecule has 18 heavy (non-hydrogen) atoms. The Morgan fingerprint density at radius 1 is 1.00 bits per heavy atom. The van der Waals surface area contributed by atoms with Crippen LogP contribution in [0.5, 0.6) is 17.2 Å². The second-order valence-electron chi connectivity index (χ2n) is 3.86. The number of para-hydroxylation sites is 1. The Morgan fingerprint density at radius 2 is 1.78 bits per heavy atom. The minimum atomic E-state index is 0.0947. The molecule has 0 aromatic heterocycles. The zero-order valence-corrected chi connectivity index (χ0v) is 10.3. The molecule has 0 heterocycles. The average molecular weight is 244 g/mol. The highest BCUT2D eigenvalue weighted by Gasteiger charge is 2.06. The molecular weight excluding hydrogens is 228 g/mol. The van der Waals surface area contributed by atoms with Crippen molar-refractivity contribution in [1.29, 1.82) is 0 Å². The standard InChI is InChI=1S/C15H16O3/c1-17-14-8-7-12(9-10-16)15(11-14)18-13-5-3-2-4-6-13/h2-8,11,16H,9-10H2,1H3. The molecular formula is C15H16O3. The summed E-state index contributed by atoms with van der Waals surface area (Å²) in [6.45, 7) is 0.0947. The van der Waals surface area contributed by atoms with E-state index < -0.39 is 0 Å². The van der Waals surface area contributed by atoms with E-state index in [0.29, 0.717) is 6.42 Å². The molecule has 0 saturated carbocycles. The highest BCUT2D eigenvalue weighted by atomic mass is 16.5. The first-order chi connectivity index (χ1) is 8.83. The Morgan fingerprint density at radius 3 is 2.44 bits per heavy atom. The predicted molar refractivity (Wildman–Crippen MR) is 70.3 cm³/mol. The van der Waals surface area contributed by atoms with Gasteiger partial charge in [-0.1, -0.05) is 24.3 Å². The van der Waals surface area contributed by atoms with Gasteiger partial charge in [-0.25, -0.2) is 0 Å². The van der Waals surface area contributed by atoms with Crippen LogP contribution in [0, 0.1) is 0 Å². The van der Waals surface area contributed by atoms with E-state index in [0.717, 1.165) is 22.8 Å². The number of hydrogen-bond donors (Lipinski definition) is 1. The molecule has 94 valence electrons. The Hall–Kier alpha value is -2.00. The van der Waals surface area contributed by atoms with Crippen LogP contribution in [0.3, 0.4) is 0 Å². The molecule has 0 radical (unpaired) electrons. The molecule has 0 saturated heterocycles. The van der Waals surface area contributed by atoms with E-state index in [-0.39, 0.29) is 6.61 Å². The van der Waals surface area contributed by atoms with Crippen LogP contribution in [-0.4, -0.2) is 18.8 Å². The van der Waals surface area contributed by atoms with Gasteiger partial charge >= 0.3 is 0 Å². The number of ether oxygens (including phenoxy) is 2. The highest BCUT2D eigenvalue weighted by molar-refractivity contribution is 5.43. The summed E-state index contributed by atoms with van der Waals surface area (Å²) in [5.74, 6) is 2.22. The van der Waals surface area contributed by atoms with Crippen LogP contribution >= 0.6 is 0 Å². The van der Waals surface area contributed by atoms with Gasteiger partial charge in [0.15, 0.2) is 0 Å². The highest BCUT2D eigenvalue weighted by Crippen LogP contribution is 2.29. The SMILES string of the molecule is COc1ccc(CCO)c(Oc2ccccc2)c1. The van der Waals surface area contributed by atoms with E-state index in [1.165, 1.54) is 0 Å². The Balaban J connectivity index is 2.28. The monoisotopic (exact) mass is 244 g/mol. The van der Waals surface area contributed by atoms with E-state index in [9.17, 15) is 0 Å². The minimum Gasteiger partial charge on any atom is -0.497 e. The summed E-state index contributed by atoms with van der Waals surface area (Å²) in [6, 6.07) is 15.2. The lowest BCUT2D eigenvalue weighted by Gasteiger charge is -2.12. The smallest absolute Gasteiger partial charge is 0.134 e. The number of hydrogen-bond acceptors (Lipinski definition) is 3. The van der Waals surface area contributed by atoms with Gasteiger partial charge in [0.05, 0.1) is 7.11 Å². The van der Waals surface area contributed by atoms with Gasteiger partial charge in [0, 0.05) is 12.7 Å². The Kier molecular flexibility index (Phi) is 4.20. The Bertz CT molecular complexity index is 494. The maximum atomic E-state index is 9.05. The summed E-state index contributed by atoms with van der Waals surface area (Å²) in [6.07, 6.45) is 0.562. The van der Waals surface area contributed by atoms with Crippen molar-refractivity contribution < 1.29 is 14.6 Å². The average Bonchev–Trinajstić information content (AvgIpc) is 2.42. The van der Waals surface area contributed by atoms with E-state index >= 15 is 0 Å². The predicted octanol–water partition coefficient (Wildman–Crippen LogP) is 3.02. The Labute approximate surface area is 107 Å². The summed E-state index contributed by atoms with van der Waals surface area (Å²) in [5, 5.41) is 9.05. The fourth-order valence-corrected chi connectivity index (χ4v) is 1.70. The van der Waals surface area contributed by atoms with Gasteiger partial charge in [0.1, 0.15) is 17.2 Å². The lowest BCUT2D eigenvalue weighted by atomic mass is 10.1. The summed E-state index contributed by atoms with van der Waals surface area (Å²) in [7, 11) is 1.62. The topological polar surface area (TPSA) is 38.7 Å². The number of aliphatic hydroxyl groups is 1. The van der Waals surface area contributed by atoms with E-state index in [2.05, 4.69) is 0 Å². The van der Waals surface area contributed by atoms with Gasteiger partial charge in [0.25, 0.3) is 0 Å². The van der Waals surface area contributed by atoms with Gasteiger partial charge in [0.2, 0.25) is 0 Å².